The van der Waals surface area contributed by atoms with E-state index in [0.29, 0.717) is 0 Å². The molecule has 196 valence electrons. The fraction of sp³-hybridized carbons (Fsp3) is 1.00. The lowest BCUT2D eigenvalue weighted by Crippen LogP contribution is -2.27. The van der Waals surface area contributed by atoms with Crippen LogP contribution in [0, 0.1) is 0 Å². The fourth-order valence-corrected chi connectivity index (χ4v) is 4.74. The number of hydrogen-bond acceptors (Lipinski definition) is 1. The summed E-state index contributed by atoms with van der Waals surface area (Å²) in [5, 5.41) is 0. The van der Waals surface area contributed by atoms with Crippen LogP contribution < -0.4 is 0 Å². The van der Waals surface area contributed by atoms with Gasteiger partial charge in [-0.2, -0.15) is 0 Å². The van der Waals surface area contributed by atoms with Gasteiger partial charge >= 0.3 is 0 Å². The van der Waals surface area contributed by atoms with E-state index in [2.05, 4.69) is 25.7 Å². The van der Waals surface area contributed by atoms with Crippen LogP contribution in [-0.4, -0.2) is 30.0 Å². The Kier molecular flexibility index (Phi) is 32.9. The van der Waals surface area contributed by atoms with Crippen LogP contribution in [0.5, 0.6) is 0 Å². The van der Waals surface area contributed by atoms with E-state index in [1.807, 2.05) is 0 Å². The van der Waals surface area contributed by atoms with Crippen molar-refractivity contribution in [1.82, 2.24) is 4.90 Å². The molecule has 0 amide bonds. The van der Waals surface area contributed by atoms with E-state index >= 15 is 0 Å². The molecule has 0 aliphatic heterocycles. The van der Waals surface area contributed by atoms with Crippen LogP contribution in [0.1, 0.15) is 175 Å². The maximum Gasteiger partial charge on any atom is -0.00187 e. The molecule has 2 nitrogen and oxygen atoms in total. The lowest BCUT2D eigenvalue weighted by molar-refractivity contribution is 0.254. The van der Waals surface area contributed by atoms with Crippen LogP contribution >= 0.6 is 0 Å². The first kappa shape index (κ1) is 34.1. The Bertz CT molecular complexity index is 260. The standard InChI is InChI=1S/C30H63N.H2O/c1-4-7-10-13-16-19-22-25-28-31(29-26-23-20-17-14-11-8-5-2)30-27-24-21-18-15-12-9-6-3;/h4-30H2,1-3H3;1H2. The zero-order valence-electron chi connectivity index (χ0n) is 23.0. The molecule has 0 aliphatic rings. The van der Waals surface area contributed by atoms with Crippen molar-refractivity contribution >= 4 is 0 Å². The van der Waals surface area contributed by atoms with Gasteiger partial charge in [0.05, 0.1) is 0 Å². The second-order valence-corrected chi connectivity index (χ2v) is 10.3. The average Bonchev–Trinajstić information content (AvgIpc) is 2.78. The van der Waals surface area contributed by atoms with E-state index in [4.69, 9.17) is 0 Å². The molecule has 0 bridgehead atoms. The van der Waals surface area contributed by atoms with Crippen LogP contribution in [-0.2, 0) is 0 Å². The van der Waals surface area contributed by atoms with Gasteiger partial charge in [-0.3, -0.25) is 0 Å². The molecule has 0 aromatic rings. The zero-order chi connectivity index (χ0) is 22.7. The molecule has 32 heavy (non-hydrogen) atoms. The van der Waals surface area contributed by atoms with Crippen molar-refractivity contribution in [3.63, 3.8) is 0 Å². The van der Waals surface area contributed by atoms with Gasteiger partial charge < -0.3 is 10.4 Å². The minimum absolute atomic E-state index is 0. The number of hydrogen-bond donors (Lipinski definition) is 0. The Hall–Kier alpha value is -0.0800. The molecule has 0 aromatic carbocycles. The largest absolute Gasteiger partial charge is 0.412 e. The quantitative estimate of drug-likeness (QED) is 0.113. The highest BCUT2D eigenvalue weighted by Gasteiger charge is 2.05. The van der Waals surface area contributed by atoms with E-state index in [1.165, 1.54) is 174 Å². The Balaban J connectivity index is 0. The second-order valence-electron chi connectivity index (χ2n) is 10.3. The monoisotopic (exact) mass is 456 g/mol. The molecule has 0 rings (SSSR count). The highest BCUT2D eigenvalue weighted by molar-refractivity contribution is 4.60. The predicted molar refractivity (Wildman–Crippen MR) is 148 cm³/mol. The molecule has 0 spiro atoms. The maximum absolute atomic E-state index is 2.82. The van der Waals surface area contributed by atoms with Crippen molar-refractivity contribution in [2.75, 3.05) is 19.6 Å². The maximum atomic E-state index is 2.82. The van der Waals surface area contributed by atoms with E-state index in [9.17, 15) is 0 Å². The molecule has 0 saturated heterocycles. The third-order valence-corrected chi connectivity index (χ3v) is 6.98. The molecular weight excluding hydrogens is 390 g/mol. The Morgan fingerprint density at radius 1 is 0.281 bits per heavy atom. The van der Waals surface area contributed by atoms with Gasteiger partial charge in [0.25, 0.3) is 0 Å². The SMILES string of the molecule is CCCCCCCCCCN(CCCCCCCCCC)CCCCCCCCCC.O. The van der Waals surface area contributed by atoms with Crippen LogP contribution in [0.2, 0.25) is 0 Å². The van der Waals surface area contributed by atoms with Gasteiger partial charge in [-0.25, -0.2) is 0 Å². The third-order valence-electron chi connectivity index (χ3n) is 6.98. The summed E-state index contributed by atoms with van der Waals surface area (Å²) in [5.41, 5.74) is 0. The lowest BCUT2D eigenvalue weighted by Gasteiger charge is -2.22. The van der Waals surface area contributed by atoms with Crippen molar-refractivity contribution in [2.45, 2.75) is 175 Å². The average molecular weight is 456 g/mol. The summed E-state index contributed by atoms with van der Waals surface area (Å²) in [6.45, 7) is 11.0. The number of unbranched alkanes of at least 4 members (excludes halogenated alkanes) is 21. The molecule has 2 N–H and O–H groups in total. The smallest absolute Gasteiger partial charge is 0.00187 e. The Morgan fingerprint density at radius 3 is 0.688 bits per heavy atom. The summed E-state index contributed by atoms with van der Waals surface area (Å²) in [5.74, 6) is 0. The van der Waals surface area contributed by atoms with Crippen LogP contribution in [0.4, 0.5) is 0 Å². The van der Waals surface area contributed by atoms with Crippen molar-refractivity contribution in [3.8, 4) is 0 Å². The minimum Gasteiger partial charge on any atom is -0.412 e. The van der Waals surface area contributed by atoms with Crippen LogP contribution in [0.15, 0.2) is 0 Å². The third kappa shape index (κ3) is 28.0. The highest BCUT2D eigenvalue weighted by atomic mass is 16.0. The number of nitrogens with zero attached hydrogens (tertiary/aromatic N) is 1. The molecule has 0 heterocycles. The summed E-state index contributed by atoms with van der Waals surface area (Å²) in [6.07, 6.45) is 34.6. The molecule has 0 saturated carbocycles. The molecule has 2 heteroatoms. The first-order valence-electron chi connectivity index (χ1n) is 15.1. The molecule has 0 aliphatic carbocycles. The molecular formula is C30H65NO. The Labute approximate surface area is 205 Å². The summed E-state index contributed by atoms with van der Waals surface area (Å²) >= 11 is 0. The summed E-state index contributed by atoms with van der Waals surface area (Å²) in [4.78, 5) is 2.82. The van der Waals surface area contributed by atoms with Gasteiger partial charge in [-0.15, -0.1) is 0 Å². The summed E-state index contributed by atoms with van der Waals surface area (Å²) < 4.78 is 0. The highest BCUT2D eigenvalue weighted by Crippen LogP contribution is 2.13. The zero-order valence-corrected chi connectivity index (χ0v) is 23.0. The molecule has 0 atom stereocenters. The van der Waals surface area contributed by atoms with E-state index in [0.717, 1.165) is 0 Å². The molecule has 0 radical (unpaired) electrons. The van der Waals surface area contributed by atoms with Crippen molar-refractivity contribution < 1.29 is 5.48 Å². The fourth-order valence-electron chi connectivity index (χ4n) is 4.74. The van der Waals surface area contributed by atoms with Gasteiger partial charge in [0.15, 0.2) is 0 Å². The molecule has 0 unspecified atom stereocenters. The molecule has 0 fully saturated rings. The van der Waals surface area contributed by atoms with Gasteiger partial charge in [-0.05, 0) is 38.9 Å². The topological polar surface area (TPSA) is 34.7 Å². The normalized spacial score (nSPS) is 11.2. The Morgan fingerprint density at radius 2 is 0.469 bits per heavy atom. The number of rotatable bonds is 27. The van der Waals surface area contributed by atoms with Gasteiger partial charge in [-0.1, -0.05) is 156 Å². The van der Waals surface area contributed by atoms with Crippen LogP contribution in [0.3, 0.4) is 0 Å². The van der Waals surface area contributed by atoms with E-state index in [-0.39, 0.29) is 5.48 Å². The minimum atomic E-state index is 0. The molecule has 0 aromatic heterocycles. The van der Waals surface area contributed by atoms with Crippen LogP contribution in [0.25, 0.3) is 0 Å². The van der Waals surface area contributed by atoms with E-state index < -0.39 is 0 Å². The first-order valence-corrected chi connectivity index (χ1v) is 15.1. The van der Waals surface area contributed by atoms with Crippen molar-refractivity contribution in [3.05, 3.63) is 0 Å². The van der Waals surface area contributed by atoms with Gasteiger partial charge in [0.1, 0.15) is 0 Å². The summed E-state index contributed by atoms with van der Waals surface area (Å²) in [7, 11) is 0. The predicted octanol–water partition coefficient (Wildman–Crippen LogP) is 9.89. The van der Waals surface area contributed by atoms with Crippen molar-refractivity contribution in [1.29, 1.82) is 0 Å². The van der Waals surface area contributed by atoms with Gasteiger partial charge in [0.2, 0.25) is 0 Å². The van der Waals surface area contributed by atoms with Crippen molar-refractivity contribution in [2.24, 2.45) is 0 Å². The van der Waals surface area contributed by atoms with Gasteiger partial charge in [0, 0.05) is 0 Å². The van der Waals surface area contributed by atoms with E-state index in [1.54, 1.807) is 0 Å². The summed E-state index contributed by atoms with van der Waals surface area (Å²) in [6, 6.07) is 0. The lowest BCUT2D eigenvalue weighted by atomic mass is 10.1. The second kappa shape index (κ2) is 30.9. The first-order chi connectivity index (χ1) is 15.3.